The lowest BCUT2D eigenvalue weighted by Crippen LogP contribution is -2.33. The third-order valence-electron chi connectivity index (χ3n) is 2.80. The monoisotopic (exact) mass is 298 g/mol. The molecule has 0 saturated carbocycles. The van der Waals surface area contributed by atoms with Gasteiger partial charge in [-0.2, -0.15) is 5.26 Å². The Morgan fingerprint density at radius 3 is 2.74 bits per heavy atom. The van der Waals surface area contributed by atoms with Gasteiger partial charge in [0, 0.05) is 17.1 Å². The predicted molar refractivity (Wildman–Crippen MR) is 77.7 cm³/mol. The molecule has 0 fully saturated rings. The van der Waals surface area contributed by atoms with E-state index in [4.69, 9.17) is 28.5 Å². The minimum Gasteiger partial charge on any atom is -0.295 e. The number of hydrogen-bond donors (Lipinski definition) is 0. The standard InChI is InChI=1S/C14H16Cl2N2O/c1-3-18(8-10(2)7-17)9-14(19)12-6-11(15)4-5-13(12)16/h4-6,10H,3,8-9H2,1-2H3. The molecule has 0 radical (unpaired) electrons. The smallest absolute Gasteiger partial charge is 0.178 e. The summed E-state index contributed by atoms with van der Waals surface area (Å²) in [6.07, 6.45) is 0. The first-order valence-electron chi connectivity index (χ1n) is 6.08. The van der Waals surface area contributed by atoms with Gasteiger partial charge in [-0.3, -0.25) is 9.69 Å². The molecule has 1 atom stereocenters. The SMILES string of the molecule is CCN(CC(=O)c1cc(Cl)ccc1Cl)CC(C)C#N. The highest BCUT2D eigenvalue weighted by Gasteiger charge is 2.16. The summed E-state index contributed by atoms with van der Waals surface area (Å²) >= 11 is 11.9. The van der Waals surface area contributed by atoms with Crippen molar-refractivity contribution in [2.24, 2.45) is 5.92 Å². The van der Waals surface area contributed by atoms with E-state index in [-0.39, 0.29) is 18.2 Å². The van der Waals surface area contributed by atoms with Gasteiger partial charge < -0.3 is 0 Å². The number of ketones is 1. The number of benzene rings is 1. The van der Waals surface area contributed by atoms with Crippen LogP contribution in [0.3, 0.4) is 0 Å². The van der Waals surface area contributed by atoms with Gasteiger partial charge in [-0.05, 0) is 31.7 Å². The van der Waals surface area contributed by atoms with Crippen molar-refractivity contribution < 1.29 is 4.79 Å². The van der Waals surface area contributed by atoms with Crippen LogP contribution in [-0.2, 0) is 0 Å². The van der Waals surface area contributed by atoms with Crippen LogP contribution in [0.4, 0.5) is 0 Å². The van der Waals surface area contributed by atoms with Crippen LogP contribution in [0.5, 0.6) is 0 Å². The van der Waals surface area contributed by atoms with Crippen molar-refractivity contribution >= 4 is 29.0 Å². The second-order valence-electron chi connectivity index (χ2n) is 4.41. The highest BCUT2D eigenvalue weighted by Crippen LogP contribution is 2.21. The lowest BCUT2D eigenvalue weighted by atomic mass is 10.1. The maximum absolute atomic E-state index is 12.2. The number of carbonyl (C=O) groups excluding carboxylic acids is 1. The summed E-state index contributed by atoms with van der Waals surface area (Å²) in [6.45, 7) is 5.30. The van der Waals surface area contributed by atoms with Crippen molar-refractivity contribution in [1.82, 2.24) is 4.90 Å². The van der Waals surface area contributed by atoms with E-state index in [9.17, 15) is 4.79 Å². The molecule has 0 saturated heterocycles. The summed E-state index contributed by atoms with van der Waals surface area (Å²) in [6, 6.07) is 7.01. The number of nitrogens with zero attached hydrogens (tertiary/aromatic N) is 2. The lowest BCUT2D eigenvalue weighted by Gasteiger charge is -2.20. The Bertz CT molecular complexity index is 497. The van der Waals surface area contributed by atoms with E-state index in [1.54, 1.807) is 18.2 Å². The lowest BCUT2D eigenvalue weighted by molar-refractivity contribution is 0.0929. The van der Waals surface area contributed by atoms with Crippen molar-refractivity contribution in [1.29, 1.82) is 5.26 Å². The molecule has 1 aromatic rings. The fourth-order valence-electron chi connectivity index (χ4n) is 1.73. The van der Waals surface area contributed by atoms with Crippen molar-refractivity contribution in [3.63, 3.8) is 0 Å². The number of hydrogen-bond acceptors (Lipinski definition) is 3. The Balaban J connectivity index is 2.77. The third-order valence-corrected chi connectivity index (χ3v) is 3.36. The quantitative estimate of drug-likeness (QED) is 0.753. The van der Waals surface area contributed by atoms with Gasteiger partial charge in [-0.25, -0.2) is 0 Å². The number of rotatable bonds is 6. The van der Waals surface area contributed by atoms with Gasteiger partial charge in [-0.1, -0.05) is 30.1 Å². The van der Waals surface area contributed by atoms with Gasteiger partial charge in [0.05, 0.1) is 23.6 Å². The van der Waals surface area contributed by atoms with Gasteiger partial charge in [0.25, 0.3) is 0 Å². The maximum atomic E-state index is 12.2. The van der Waals surface area contributed by atoms with Crippen LogP contribution in [0, 0.1) is 17.2 Å². The van der Waals surface area contributed by atoms with Crippen molar-refractivity contribution in [2.45, 2.75) is 13.8 Å². The van der Waals surface area contributed by atoms with Crippen LogP contribution in [0.15, 0.2) is 18.2 Å². The second-order valence-corrected chi connectivity index (χ2v) is 5.25. The molecule has 1 rings (SSSR count). The summed E-state index contributed by atoms with van der Waals surface area (Å²) in [4.78, 5) is 14.1. The first-order chi connectivity index (χ1) is 8.97. The van der Waals surface area contributed by atoms with Crippen LogP contribution in [0.25, 0.3) is 0 Å². The van der Waals surface area contributed by atoms with Gasteiger partial charge in [0.1, 0.15) is 0 Å². The van der Waals surface area contributed by atoms with Crippen LogP contribution in [0.1, 0.15) is 24.2 Å². The predicted octanol–water partition coefficient (Wildman–Crippen LogP) is 3.66. The molecule has 102 valence electrons. The fraction of sp³-hybridized carbons (Fsp3) is 0.429. The van der Waals surface area contributed by atoms with E-state index < -0.39 is 0 Å². The molecule has 0 aliphatic carbocycles. The Kier molecular flexibility index (Phi) is 6.30. The highest BCUT2D eigenvalue weighted by molar-refractivity contribution is 6.36. The average Bonchev–Trinajstić information content (AvgIpc) is 2.40. The topological polar surface area (TPSA) is 44.1 Å². The molecule has 3 nitrogen and oxygen atoms in total. The molecule has 0 aromatic heterocycles. The average molecular weight is 299 g/mol. The number of halogens is 2. The maximum Gasteiger partial charge on any atom is 0.178 e. The van der Waals surface area contributed by atoms with E-state index in [0.717, 1.165) is 0 Å². The van der Waals surface area contributed by atoms with Gasteiger partial charge in [-0.15, -0.1) is 0 Å². The summed E-state index contributed by atoms with van der Waals surface area (Å²) in [5, 5.41) is 9.70. The van der Waals surface area contributed by atoms with Gasteiger partial charge in [0.15, 0.2) is 5.78 Å². The fourth-order valence-corrected chi connectivity index (χ4v) is 2.13. The number of likely N-dealkylation sites (N-methyl/N-ethyl adjacent to an activating group) is 1. The van der Waals surface area contributed by atoms with E-state index in [1.807, 2.05) is 18.7 Å². The van der Waals surface area contributed by atoms with Crippen molar-refractivity contribution in [2.75, 3.05) is 19.6 Å². The Morgan fingerprint density at radius 1 is 1.47 bits per heavy atom. The van der Waals surface area contributed by atoms with Crippen LogP contribution >= 0.6 is 23.2 Å². The molecule has 0 heterocycles. The van der Waals surface area contributed by atoms with E-state index in [0.29, 0.717) is 28.7 Å². The van der Waals surface area contributed by atoms with Gasteiger partial charge in [0.2, 0.25) is 0 Å². The Morgan fingerprint density at radius 2 is 2.16 bits per heavy atom. The minimum absolute atomic E-state index is 0.0838. The molecule has 0 aliphatic heterocycles. The molecule has 1 unspecified atom stereocenters. The van der Waals surface area contributed by atoms with Crippen LogP contribution in [0.2, 0.25) is 10.0 Å². The molecular weight excluding hydrogens is 283 g/mol. The molecule has 0 bridgehead atoms. The minimum atomic E-state index is -0.109. The number of nitriles is 1. The molecule has 5 heteroatoms. The zero-order valence-electron chi connectivity index (χ0n) is 11.0. The van der Waals surface area contributed by atoms with E-state index >= 15 is 0 Å². The summed E-state index contributed by atoms with van der Waals surface area (Å²) in [7, 11) is 0. The zero-order chi connectivity index (χ0) is 14.4. The third kappa shape index (κ3) is 4.83. The van der Waals surface area contributed by atoms with Gasteiger partial charge >= 0.3 is 0 Å². The second kappa shape index (κ2) is 7.49. The number of carbonyl (C=O) groups is 1. The van der Waals surface area contributed by atoms with Crippen LogP contribution < -0.4 is 0 Å². The van der Waals surface area contributed by atoms with E-state index in [1.165, 1.54) is 0 Å². The molecule has 0 amide bonds. The molecule has 19 heavy (non-hydrogen) atoms. The molecule has 0 aliphatic rings. The Labute approximate surface area is 123 Å². The summed E-state index contributed by atoms with van der Waals surface area (Å²) in [5.74, 6) is -0.193. The Hall–Kier alpha value is -1.08. The molecule has 0 N–H and O–H groups in total. The first kappa shape index (κ1) is 16.0. The van der Waals surface area contributed by atoms with Crippen molar-refractivity contribution in [3.8, 4) is 6.07 Å². The molecule has 1 aromatic carbocycles. The van der Waals surface area contributed by atoms with Crippen molar-refractivity contribution in [3.05, 3.63) is 33.8 Å². The summed E-state index contributed by atoms with van der Waals surface area (Å²) in [5.41, 5.74) is 0.428. The molecule has 0 spiro atoms. The van der Waals surface area contributed by atoms with Crippen LogP contribution in [-0.4, -0.2) is 30.3 Å². The summed E-state index contributed by atoms with van der Waals surface area (Å²) < 4.78 is 0. The normalized spacial score (nSPS) is 12.2. The largest absolute Gasteiger partial charge is 0.295 e. The first-order valence-corrected chi connectivity index (χ1v) is 6.83. The number of Topliss-reactive ketones (excluding diaryl/α,β-unsaturated/α-hetero) is 1. The highest BCUT2D eigenvalue weighted by atomic mass is 35.5. The molecular formula is C14H16Cl2N2O. The zero-order valence-corrected chi connectivity index (χ0v) is 12.5. The van der Waals surface area contributed by atoms with E-state index in [2.05, 4.69) is 6.07 Å².